The van der Waals surface area contributed by atoms with E-state index in [1.54, 1.807) is 0 Å². The number of anilines is 1. The number of rotatable bonds is 3. The summed E-state index contributed by atoms with van der Waals surface area (Å²) in [5.41, 5.74) is 0.922. The number of hydrogen-bond donors (Lipinski definition) is 2. The Morgan fingerprint density at radius 3 is 2.53 bits per heavy atom. The van der Waals surface area contributed by atoms with Crippen LogP contribution in [-0.2, 0) is 4.79 Å². The van der Waals surface area contributed by atoms with E-state index in [9.17, 15) is 4.79 Å². The summed E-state index contributed by atoms with van der Waals surface area (Å²) in [6.07, 6.45) is 3.45. The van der Waals surface area contributed by atoms with Crippen LogP contribution in [0, 0.1) is 0 Å². The maximum absolute atomic E-state index is 11.9. The summed E-state index contributed by atoms with van der Waals surface area (Å²) in [5.74, 6) is 0.122. The van der Waals surface area contributed by atoms with Crippen LogP contribution < -0.4 is 10.6 Å². The van der Waals surface area contributed by atoms with Gasteiger partial charge in [-0.2, -0.15) is 0 Å². The Morgan fingerprint density at radius 1 is 1.16 bits per heavy atom. The molecule has 2 N–H and O–H groups in total. The monoisotopic (exact) mass is 277 g/mol. The molecule has 19 heavy (non-hydrogen) atoms. The molecule has 0 saturated carbocycles. The molecule has 0 aliphatic carbocycles. The van der Waals surface area contributed by atoms with Crippen molar-refractivity contribution in [3.05, 3.63) is 30.3 Å². The Bertz CT molecular complexity index is 430. The SMILES string of the molecule is O=C(CNC(=S)Nc1ccccc1)N1CCCCC1. The molecule has 1 aromatic carbocycles. The Hall–Kier alpha value is -1.62. The Balaban J connectivity index is 1.72. The highest BCUT2D eigenvalue weighted by Crippen LogP contribution is 2.08. The van der Waals surface area contributed by atoms with E-state index < -0.39 is 0 Å². The summed E-state index contributed by atoms with van der Waals surface area (Å²) < 4.78 is 0. The summed E-state index contributed by atoms with van der Waals surface area (Å²) in [6.45, 7) is 2.01. The molecule has 4 nitrogen and oxygen atoms in total. The fourth-order valence-electron chi connectivity index (χ4n) is 2.11. The molecular weight excluding hydrogens is 258 g/mol. The summed E-state index contributed by atoms with van der Waals surface area (Å²) in [4.78, 5) is 13.8. The summed E-state index contributed by atoms with van der Waals surface area (Å²) in [7, 11) is 0. The smallest absolute Gasteiger partial charge is 0.241 e. The van der Waals surface area contributed by atoms with Crippen LogP contribution in [0.2, 0.25) is 0 Å². The molecule has 102 valence electrons. The van der Waals surface area contributed by atoms with Crippen molar-refractivity contribution in [2.75, 3.05) is 25.0 Å². The van der Waals surface area contributed by atoms with Gasteiger partial charge in [-0.25, -0.2) is 0 Å². The van der Waals surface area contributed by atoms with Gasteiger partial charge in [-0.15, -0.1) is 0 Å². The maximum Gasteiger partial charge on any atom is 0.241 e. The van der Waals surface area contributed by atoms with E-state index in [0.29, 0.717) is 5.11 Å². The number of piperidine rings is 1. The molecule has 1 fully saturated rings. The van der Waals surface area contributed by atoms with Crippen molar-refractivity contribution in [1.82, 2.24) is 10.2 Å². The standard InChI is InChI=1S/C14H19N3OS/c18-13(17-9-5-2-6-10-17)11-15-14(19)16-12-7-3-1-4-8-12/h1,3-4,7-8H,2,5-6,9-11H2,(H2,15,16,19). The van der Waals surface area contributed by atoms with Gasteiger partial charge in [-0.05, 0) is 43.6 Å². The molecule has 1 aromatic rings. The van der Waals surface area contributed by atoms with E-state index in [1.807, 2.05) is 35.2 Å². The predicted molar refractivity (Wildman–Crippen MR) is 81.1 cm³/mol. The van der Waals surface area contributed by atoms with Crippen molar-refractivity contribution in [2.45, 2.75) is 19.3 Å². The van der Waals surface area contributed by atoms with Gasteiger partial charge >= 0.3 is 0 Å². The third-order valence-corrected chi connectivity index (χ3v) is 3.39. The van der Waals surface area contributed by atoms with E-state index in [1.165, 1.54) is 6.42 Å². The van der Waals surface area contributed by atoms with Gasteiger partial charge in [0, 0.05) is 18.8 Å². The number of nitrogens with zero attached hydrogens (tertiary/aromatic N) is 1. The van der Waals surface area contributed by atoms with Gasteiger partial charge in [-0.3, -0.25) is 4.79 Å². The zero-order valence-electron chi connectivity index (χ0n) is 10.9. The first kappa shape index (κ1) is 13.8. The molecule has 0 spiro atoms. The molecule has 1 aliphatic rings. The van der Waals surface area contributed by atoms with E-state index >= 15 is 0 Å². The lowest BCUT2D eigenvalue weighted by Crippen LogP contribution is -2.43. The average Bonchev–Trinajstić information content (AvgIpc) is 2.47. The zero-order chi connectivity index (χ0) is 13.5. The molecule has 0 aromatic heterocycles. The first-order chi connectivity index (χ1) is 9.25. The Kier molecular flexibility index (Phi) is 5.15. The molecule has 1 saturated heterocycles. The normalized spacial score (nSPS) is 14.8. The Labute approximate surface area is 119 Å². The maximum atomic E-state index is 11.9. The third-order valence-electron chi connectivity index (χ3n) is 3.14. The fourth-order valence-corrected chi connectivity index (χ4v) is 2.30. The van der Waals surface area contributed by atoms with E-state index in [-0.39, 0.29) is 12.5 Å². The summed E-state index contributed by atoms with van der Waals surface area (Å²) in [5, 5.41) is 6.49. The van der Waals surface area contributed by atoms with E-state index in [4.69, 9.17) is 12.2 Å². The lowest BCUT2D eigenvalue weighted by molar-refractivity contribution is -0.130. The molecule has 5 heteroatoms. The molecule has 0 atom stereocenters. The number of benzene rings is 1. The van der Waals surface area contributed by atoms with Crippen molar-refractivity contribution in [1.29, 1.82) is 0 Å². The molecule has 0 bridgehead atoms. The van der Waals surface area contributed by atoms with Crippen LogP contribution in [0.5, 0.6) is 0 Å². The highest BCUT2D eigenvalue weighted by Gasteiger charge is 2.16. The van der Waals surface area contributed by atoms with Crippen LogP contribution in [-0.4, -0.2) is 35.6 Å². The highest BCUT2D eigenvalue weighted by atomic mass is 32.1. The van der Waals surface area contributed by atoms with E-state index in [0.717, 1.165) is 31.6 Å². The number of thiocarbonyl (C=S) groups is 1. The van der Waals surface area contributed by atoms with Gasteiger partial charge in [0.25, 0.3) is 0 Å². The highest BCUT2D eigenvalue weighted by molar-refractivity contribution is 7.80. The van der Waals surface area contributed by atoms with Gasteiger partial charge < -0.3 is 15.5 Å². The average molecular weight is 277 g/mol. The van der Waals surface area contributed by atoms with Crippen LogP contribution >= 0.6 is 12.2 Å². The second-order valence-corrected chi connectivity index (χ2v) is 5.02. The van der Waals surface area contributed by atoms with E-state index in [2.05, 4.69) is 10.6 Å². The van der Waals surface area contributed by atoms with Gasteiger partial charge in [-0.1, -0.05) is 18.2 Å². The summed E-state index contributed by atoms with van der Waals surface area (Å²) in [6, 6.07) is 9.68. The quantitative estimate of drug-likeness (QED) is 0.829. The van der Waals surface area contributed by atoms with Gasteiger partial charge in [0.1, 0.15) is 0 Å². The lowest BCUT2D eigenvalue weighted by atomic mass is 10.1. The van der Waals surface area contributed by atoms with Crippen molar-refractivity contribution < 1.29 is 4.79 Å². The van der Waals surface area contributed by atoms with Crippen molar-refractivity contribution in [2.24, 2.45) is 0 Å². The first-order valence-corrected chi connectivity index (χ1v) is 7.04. The fraction of sp³-hybridized carbons (Fsp3) is 0.429. The molecular formula is C14H19N3OS. The molecule has 1 heterocycles. The number of carbonyl (C=O) groups is 1. The number of likely N-dealkylation sites (tertiary alicyclic amines) is 1. The van der Waals surface area contributed by atoms with Crippen LogP contribution in [0.25, 0.3) is 0 Å². The second-order valence-electron chi connectivity index (χ2n) is 4.62. The van der Waals surface area contributed by atoms with Gasteiger partial charge in [0.15, 0.2) is 5.11 Å². The van der Waals surface area contributed by atoms with Crippen LogP contribution in [0.15, 0.2) is 30.3 Å². The van der Waals surface area contributed by atoms with Gasteiger partial charge in [0.05, 0.1) is 6.54 Å². The molecule has 0 radical (unpaired) electrons. The van der Waals surface area contributed by atoms with Crippen LogP contribution in [0.1, 0.15) is 19.3 Å². The van der Waals surface area contributed by atoms with Crippen molar-refractivity contribution >= 4 is 28.9 Å². The number of nitrogens with one attached hydrogen (secondary N) is 2. The molecule has 0 unspecified atom stereocenters. The molecule has 2 rings (SSSR count). The van der Waals surface area contributed by atoms with Crippen LogP contribution in [0.3, 0.4) is 0 Å². The number of carbonyl (C=O) groups excluding carboxylic acids is 1. The zero-order valence-corrected chi connectivity index (χ0v) is 11.7. The number of hydrogen-bond acceptors (Lipinski definition) is 2. The van der Waals surface area contributed by atoms with Crippen LogP contribution in [0.4, 0.5) is 5.69 Å². The summed E-state index contributed by atoms with van der Waals surface area (Å²) >= 11 is 5.16. The Morgan fingerprint density at radius 2 is 1.84 bits per heavy atom. The predicted octanol–water partition coefficient (Wildman–Crippen LogP) is 1.99. The van der Waals surface area contributed by atoms with Crippen molar-refractivity contribution in [3.8, 4) is 0 Å². The number of amides is 1. The molecule has 1 amide bonds. The van der Waals surface area contributed by atoms with Gasteiger partial charge in [0.2, 0.25) is 5.91 Å². The first-order valence-electron chi connectivity index (χ1n) is 6.63. The second kappa shape index (κ2) is 7.09. The van der Waals surface area contributed by atoms with Crippen molar-refractivity contribution in [3.63, 3.8) is 0 Å². The minimum absolute atomic E-state index is 0.122. The largest absolute Gasteiger partial charge is 0.353 e. The third kappa shape index (κ3) is 4.52. The lowest BCUT2D eigenvalue weighted by Gasteiger charge is -2.27. The molecule has 1 aliphatic heterocycles. The minimum Gasteiger partial charge on any atom is -0.353 e. The topological polar surface area (TPSA) is 44.4 Å². The number of para-hydroxylation sites is 1. The minimum atomic E-state index is 0.122.